The summed E-state index contributed by atoms with van der Waals surface area (Å²) >= 11 is 5.85. The minimum atomic E-state index is -1.18. The number of halogens is 2. The summed E-state index contributed by atoms with van der Waals surface area (Å²) in [7, 11) is 0. The zero-order valence-corrected chi connectivity index (χ0v) is 12.2. The molecule has 1 amide bonds. The third-order valence-corrected chi connectivity index (χ3v) is 3.25. The van der Waals surface area contributed by atoms with Gasteiger partial charge in [-0.2, -0.15) is 0 Å². The zero-order valence-electron chi connectivity index (χ0n) is 11.4. The SMILES string of the molecule is O=C(N[C@@H](Cc1cccc(Cl)c1)C(=O)O)c1cccc(F)c1. The maximum Gasteiger partial charge on any atom is 0.326 e. The van der Waals surface area contributed by atoms with Crippen molar-refractivity contribution >= 4 is 23.5 Å². The number of hydrogen-bond acceptors (Lipinski definition) is 2. The second kappa shape index (κ2) is 7.04. The number of aliphatic carboxylic acids is 1. The highest BCUT2D eigenvalue weighted by Crippen LogP contribution is 2.13. The van der Waals surface area contributed by atoms with Gasteiger partial charge in [0.1, 0.15) is 11.9 Å². The van der Waals surface area contributed by atoms with Crippen LogP contribution in [0.4, 0.5) is 4.39 Å². The molecule has 114 valence electrons. The molecule has 0 unspecified atom stereocenters. The van der Waals surface area contributed by atoms with E-state index >= 15 is 0 Å². The maximum absolute atomic E-state index is 13.1. The molecule has 1 atom stereocenters. The summed E-state index contributed by atoms with van der Waals surface area (Å²) in [4.78, 5) is 23.3. The first-order valence-electron chi connectivity index (χ1n) is 6.49. The fourth-order valence-corrected chi connectivity index (χ4v) is 2.18. The van der Waals surface area contributed by atoms with Crippen molar-refractivity contribution in [1.82, 2.24) is 5.32 Å². The quantitative estimate of drug-likeness (QED) is 0.890. The van der Waals surface area contributed by atoms with E-state index in [2.05, 4.69) is 5.32 Å². The molecule has 0 spiro atoms. The van der Waals surface area contributed by atoms with E-state index in [0.29, 0.717) is 10.6 Å². The van der Waals surface area contributed by atoms with Crippen molar-refractivity contribution in [2.45, 2.75) is 12.5 Å². The van der Waals surface area contributed by atoms with E-state index in [-0.39, 0.29) is 12.0 Å². The summed E-state index contributed by atoms with van der Waals surface area (Å²) in [6.45, 7) is 0. The number of carboxylic acids is 1. The van der Waals surface area contributed by atoms with Gasteiger partial charge in [0, 0.05) is 17.0 Å². The Morgan fingerprint density at radius 3 is 2.55 bits per heavy atom. The number of carbonyl (C=O) groups excluding carboxylic acids is 1. The number of benzene rings is 2. The molecule has 0 bridgehead atoms. The number of carbonyl (C=O) groups is 2. The fraction of sp³-hybridized carbons (Fsp3) is 0.125. The van der Waals surface area contributed by atoms with Gasteiger partial charge >= 0.3 is 5.97 Å². The van der Waals surface area contributed by atoms with Crippen molar-refractivity contribution in [3.8, 4) is 0 Å². The lowest BCUT2D eigenvalue weighted by molar-refractivity contribution is -0.139. The Bertz CT molecular complexity index is 705. The normalized spacial score (nSPS) is 11.7. The van der Waals surface area contributed by atoms with Crippen LogP contribution in [-0.2, 0) is 11.2 Å². The van der Waals surface area contributed by atoms with Crippen molar-refractivity contribution in [2.75, 3.05) is 0 Å². The zero-order chi connectivity index (χ0) is 16.1. The van der Waals surface area contributed by atoms with E-state index in [9.17, 15) is 19.1 Å². The van der Waals surface area contributed by atoms with Crippen LogP contribution in [-0.4, -0.2) is 23.0 Å². The summed E-state index contributed by atoms with van der Waals surface area (Å²) in [6, 6.07) is 10.6. The summed E-state index contributed by atoms with van der Waals surface area (Å²) < 4.78 is 13.1. The predicted molar refractivity (Wildman–Crippen MR) is 80.4 cm³/mol. The molecular weight excluding hydrogens is 309 g/mol. The summed E-state index contributed by atoms with van der Waals surface area (Å²) in [5.41, 5.74) is 0.747. The van der Waals surface area contributed by atoms with Crippen LogP contribution in [0.15, 0.2) is 48.5 Å². The average molecular weight is 322 g/mol. The largest absolute Gasteiger partial charge is 0.480 e. The van der Waals surface area contributed by atoms with Crippen molar-refractivity contribution in [3.63, 3.8) is 0 Å². The van der Waals surface area contributed by atoms with Gasteiger partial charge in [0.25, 0.3) is 5.91 Å². The number of rotatable bonds is 5. The minimum Gasteiger partial charge on any atom is -0.480 e. The number of amides is 1. The van der Waals surface area contributed by atoms with E-state index in [4.69, 9.17) is 11.6 Å². The van der Waals surface area contributed by atoms with Crippen LogP contribution in [0.5, 0.6) is 0 Å². The second-order valence-electron chi connectivity index (χ2n) is 4.71. The van der Waals surface area contributed by atoms with Gasteiger partial charge in [-0.25, -0.2) is 9.18 Å². The standard InChI is InChI=1S/C16H13ClFNO3/c17-12-5-1-3-10(7-12)8-14(16(21)22)19-15(20)11-4-2-6-13(18)9-11/h1-7,9,14H,8H2,(H,19,20)(H,21,22)/t14-/m0/s1. The molecule has 0 aliphatic carbocycles. The van der Waals surface area contributed by atoms with Crippen molar-refractivity contribution < 1.29 is 19.1 Å². The predicted octanol–water partition coefficient (Wildman–Crippen LogP) is 2.90. The van der Waals surface area contributed by atoms with Gasteiger partial charge in [0.2, 0.25) is 0 Å². The first kappa shape index (κ1) is 16.0. The van der Waals surface area contributed by atoms with E-state index < -0.39 is 23.7 Å². The van der Waals surface area contributed by atoms with Gasteiger partial charge in [-0.15, -0.1) is 0 Å². The number of hydrogen-bond donors (Lipinski definition) is 2. The molecule has 0 saturated carbocycles. The van der Waals surface area contributed by atoms with Crippen LogP contribution < -0.4 is 5.32 Å². The Kier molecular flexibility index (Phi) is 5.12. The molecule has 0 aliphatic rings. The molecular formula is C16H13ClFNO3. The lowest BCUT2D eigenvalue weighted by atomic mass is 10.1. The Morgan fingerprint density at radius 1 is 1.18 bits per heavy atom. The molecule has 2 rings (SSSR count). The van der Waals surface area contributed by atoms with Crippen LogP contribution in [0.25, 0.3) is 0 Å². The highest BCUT2D eigenvalue weighted by Gasteiger charge is 2.21. The first-order valence-corrected chi connectivity index (χ1v) is 6.87. The molecule has 2 aromatic carbocycles. The Labute approximate surface area is 131 Å². The van der Waals surface area contributed by atoms with Crippen LogP contribution in [0.2, 0.25) is 5.02 Å². The molecule has 0 saturated heterocycles. The lowest BCUT2D eigenvalue weighted by Gasteiger charge is -2.15. The second-order valence-corrected chi connectivity index (χ2v) is 5.15. The maximum atomic E-state index is 13.1. The summed E-state index contributed by atoms with van der Waals surface area (Å²) in [6.07, 6.45) is 0.0803. The molecule has 0 radical (unpaired) electrons. The van der Waals surface area contributed by atoms with Crippen LogP contribution in [0.3, 0.4) is 0 Å². The Hall–Kier alpha value is -2.40. The van der Waals surface area contributed by atoms with Crippen LogP contribution in [0.1, 0.15) is 15.9 Å². The molecule has 0 fully saturated rings. The van der Waals surface area contributed by atoms with E-state index in [1.807, 2.05) is 0 Å². The fourth-order valence-electron chi connectivity index (χ4n) is 1.97. The van der Waals surface area contributed by atoms with Gasteiger partial charge in [-0.05, 0) is 35.9 Å². The third-order valence-electron chi connectivity index (χ3n) is 3.02. The molecule has 0 aromatic heterocycles. The van der Waals surface area contributed by atoms with Crippen molar-refractivity contribution in [1.29, 1.82) is 0 Å². The molecule has 2 aromatic rings. The smallest absolute Gasteiger partial charge is 0.326 e. The molecule has 2 N–H and O–H groups in total. The molecule has 6 heteroatoms. The van der Waals surface area contributed by atoms with Crippen LogP contribution in [0, 0.1) is 5.82 Å². The van der Waals surface area contributed by atoms with Gasteiger partial charge < -0.3 is 10.4 Å². The van der Waals surface area contributed by atoms with Gasteiger partial charge in [0.15, 0.2) is 0 Å². The number of carboxylic acid groups (broad SMARTS) is 1. The topological polar surface area (TPSA) is 66.4 Å². The van der Waals surface area contributed by atoms with Crippen molar-refractivity contribution in [2.24, 2.45) is 0 Å². The van der Waals surface area contributed by atoms with E-state index in [1.54, 1.807) is 24.3 Å². The molecule has 22 heavy (non-hydrogen) atoms. The molecule has 0 heterocycles. The highest BCUT2D eigenvalue weighted by molar-refractivity contribution is 6.30. The average Bonchev–Trinajstić information content (AvgIpc) is 2.46. The molecule has 4 nitrogen and oxygen atoms in total. The Morgan fingerprint density at radius 2 is 1.91 bits per heavy atom. The first-order chi connectivity index (χ1) is 10.5. The monoisotopic (exact) mass is 321 g/mol. The lowest BCUT2D eigenvalue weighted by Crippen LogP contribution is -2.42. The molecule has 0 aliphatic heterocycles. The van der Waals surface area contributed by atoms with E-state index in [0.717, 1.165) is 6.07 Å². The van der Waals surface area contributed by atoms with Gasteiger partial charge in [-0.1, -0.05) is 29.8 Å². The third kappa shape index (κ3) is 4.30. The van der Waals surface area contributed by atoms with E-state index in [1.165, 1.54) is 18.2 Å². The van der Waals surface area contributed by atoms with Gasteiger partial charge in [0.05, 0.1) is 0 Å². The minimum absolute atomic E-state index is 0.0670. The summed E-state index contributed by atoms with van der Waals surface area (Å²) in [5, 5.41) is 12.1. The highest BCUT2D eigenvalue weighted by atomic mass is 35.5. The van der Waals surface area contributed by atoms with Gasteiger partial charge in [-0.3, -0.25) is 4.79 Å². The number of nitrogens with one attached hydrogen (secondary N) is 1. The van der Waals surface area contributed by atoms with Crippen molar-refractivity contribution in [3.05, 3.63) is 70.5 Å². The van der Waals surface area contributed by atoms with Crippen LogP contribution >= 0.6 is 11.6 Å². The summed E-state index contributed by atoms with van der Waals surface area (Å²) in [5.74, 6) is -2.38. The Balaban J connectivity index is 2.12.